The zero-order valence-electron chi connectivity index (χ0n) is 38.4. The molecule has 2 saturated carbocycles. The van der Waals surface area contributed by atoms with Gasteiger partial charge in [0, 0.05) is 66.2 Å². The van der Waals surface area contributed by atoms with Crippen LogP contribution in [0, 0.1) is 11.8 Å². The molecule has 3 heterocycles. The fourth-order valence-electron chi connectivity index (χ4n) is 10.4. The normalized spacial score (nSPS) is 30.8. The van der Waals surface area contributed by atoms with E-state index in [4.69, 9.17) is 32.5 Å². The van der Waals surface area contributed by atoms with Crippen molar-refractivity contribution >= 4 is 43.9 Å². The Bertz CT molecular complexity index is 3220. The number of hydrogen-bond acceptors (Lipinski definition) is 25. The summed E-state index contributed by atoms with van der Waals surface area (Å²) in [6.07, 6.45) is -21.7. The van der Waals surface area contributed by atoms with Crippen LogP contribution in [0.1, 0.15) is 35.8 Å². The molecular formula is C48H52O25. The molecule has 2 aromatic heterocycles. The molecule has 73 heavy (non-hydrogen) atoms. The van der Waals surface area contributed by atoms with Crippen molar-refractivity contribution in [3.63, 3.8) is 0 Å². The van der Waals surface area contributed by atoms with Gasteiger partial charge in [-0.1, -0.05) is 0 Å². The van der Waals surface area contributed by atoms with E-state index in [1.807, 2.05) is 0 Å². The van der Waals surface area contributed by atoms with E-state index in [1.54, 1.807) is 0 Å². The van der Waals surface area contributed by atoms with Crippen LogP contribution in [-0.4, -0.2) is 183 Å². The second-order valence-corrected chi connectivity index (χ2v) is 18.5. The molecule has 16 N–H and O–H groups in total. The van der Waals surface area contributed by atoms with Crippen molar-refractivity contribution in [2.75, 3.05) is 34.0 Å². The molecule has 6 aromatic rings. The van der Waals surface area contributed by atoms with E-state index in [-0.39, 0.29) is 28.1 Å². The summed E-state index contributed by atoms with van der Waals surface area (Å²) in [5.74, 6) is -11.7. The van der Waals surface area contributed by atoms with Crippen LogP contribution >= 0.6 is 0 Å². The Hall–Kier alpha value is -6.46. The van der Waals surface area contributed by atoms with Crippen LogP contribution in [0.3, 0.4) is 0 Å². The lowest BCUT2D eigenvalue weighted by Gasteiger charge is -2.43. The second-order valence-electron chi connectivity index (χ2n) is 18.5. The summed E-state index contributed by atoms with van der Waals surface area (Å²) in [6, 6.07) is 5.29. The highest BCUT2D eigenvalue weighted by molar-refractivity contribution is 6.00. The predicted molar refractivity (Wildman–Crippen MR) is 246 cm³/mol. The highest BCUT2D eigenvalue weighted by atomic mass is 16.7. The Morgan fingerprint density at radius 3 is 1.70 bits per heavy atom. The fourth-order valence-corrected chi connectivity index (χ4v) is 10.4. The van der Waals surface area contributed by atoms with Gasteiger partial charge in [-0.15, -0.1) is 0 Å². The van der Waals surface area contributed by atoms with Gasteiger partial charge in [-0.3, -0.25) is 9.59 Å². The maximum Gasteiger partial charge on any atom is 0.229 e. The molecular weight excluding hydrogens is 977 g/mol. The minimum Gasteiger partial charge on any atom is -0.507 e. The van der Waals surface area contributed by atoms with E-state index in [9.17, 15) is 91.3 Å². The maximum atomic E-state index is 14.7. The lowest BCUT2D eigenvalue weighted by Crippen LogP contribution is -2.60. The largest absolute Gasteiger partial charge is 0.507 e. The van der Waals surface area contributed by atoms with Crippen LogP contribution in [-0.2, 0) is 4.74 Å². The summed E-state index contributed by atoms with van der Waals surface area (Å²) in [4.78, 5) is 28.8. The van der Waals surface area contributed by atoms with Crippen LogP contribution in [0.2, 0.25) is 0 Å². The number of aromatic hydroxyl groups is 5. The molecule has 0 amide bonds. The topological polar surface area (TPSA) is 430 Å². The molecule has 1 saturated heterocycles. The minimum absolute atomic E-state index is 0.0218. The van der Waals surface area contributed by atoms with Crippen molar-refractivity contribution < 1.29 is 114 Å². The first-order valence-corrected chi connectivity index (χ1v) is 22.8. The van der Waals surface area contributed by atoms with Gasteiger partial charge in [-0.25, -0.2) is 0 Å². The lowest BCUT2D eigenvalue weighted by atomic mass is 9.72. The van der Waals surface area contributed by atoms with Crippen LogP contribution in [0.4, 0.5) is 0 Å². The third-order valence-corrected chi connectivity index (χ3v) is 14.4. The zero-order chi connectivity index (χ0) is 52.8. The second kappa shape index (κ2) is 19.4. The molecule has 394 valence electrons. The number of ether oxygens (including phenoxy) is 5. The average Bonchev–Trinajstić information content (AvgIpc) is 3.36. The van der Waals surface area contributed by atoms with E-state index in [0.717, 1.165) is 18.2 Å². The Kier molecular flexibility index (Phi) is 13.7. The van der Waals surface area contributed by atoms with Crippen molar-refractivity contribution in [2.45, 2.75) is 92.0 Å². The molecule has 25 nitrogen and oxygen atoms in total. The van der Waals surface area contributed by atoms with Crippen LogP contribution in [0.5, 0.6) is 51.7 Å². The predicted octanol–water partition coefficient (Wildman–Crippen LogP) is -1.63. The van der Waals surface area contributed by atoms with E-state index in [0.29, 0.717) is 0 Å². The van der Waals surface area contributed by atoms with E-state index >= 15 is 0 Å². The number of aliphatic hydroxyl groups is 11. The van der Waals surface area contributed by atoms with E-state index in [1.165, 1.54) is 26.4 Å². The van der Waals surface area contributed by atoms with Gasteiger partial charge in [0.1, 0.15) is 81.4 Å². The summed E-state index contributed by atoms with van der Waals surface area (Å²) in [5.41, 5.74) is -4.94. The Morgan fingerprint density at radius 2 is 1.07 bits per heavy atom. The first-order valence-electron chi connectivity index (χ1n) is 22.8. The first-order chi connectivity index (χ1) is 34.7. The molecule has 9 rings (SSSR count). The van der Waals surface area contributed by atoms with Gasteiger partial charge < -0.3 is 114 Å². The average molecular weight is 1030 g/mol. The molecule has 2 unspecified atom stereocenters. The molecule has 3 fully saturated rings. The summed E-state index contributed by atoms with van der Waals surface area (Å²) < 4.78 is 39.7. The number of hydrogen-bond donors (Lipinski definition) is 16. The first kappa shape index (κ1) is 51.4. The maximum absolute atomic E-state index is 14.7. The van der Waals surface area contributed by atoms with Gasteiger partial charge >= 0.3 is 0 Å². The quantitative estimate of drug-likeness (QED) is 0.0648. The van der Waals surface area contributed by atoms with Crippen LogP contribution in [0.15, 0.2) is 48.8 Å². The monoisotopic (exact) mass is 1030 g/mol. The van der Waals surface area contributed by atoms with Gasteiger partial charge in [-0.05, 0) is 25.0 Å². The van der Waals surface area contributed by atoms with Gasteiger partial charge in [0.15, 0.2) is 40.4 Å². The summed E-state index contributed by atoms with van der Waals surface area (Å²) in [5, 5.41) is 175. The number of phenolic OH excluding ortho intramolecular Hbond substituents is 5. The van der Waals surface area contributed by atoms with Crippen LogP contribution in [0.25, 0.3) is 43.9 Å². The lowest BCUT2D eigenvalue weighted by molar-refractivity contribution is -0.277. The Labute approximate surface area is 408 Å². The Morgan fingerprint density at radius 1 is 0.521 bits per heavy atom. The summed E-state index contributed by atoms with van der Waals surface area (Å²) in [7, 11) is 2.67. The minimum atomic E-state index is -2.09. The number of phenols is 5. The molecule has 0 radical (unpaired) electrons. The van der Waals surface area contributed by atoms with E-state index < -0.39 is 213 Å². The number of methoxy groups -OCH3 is 2. The molecule has 0 bridgehead atoms. The van der Waals surface area contributed by atoms with Gasteiger partial charge in [0.2, 0.25) is 22.9 Å². The number of benzene rings is 4. The summed E-state index contributed by atoms with van der Waals surface area (Å²) in [6.45, 7) is -2.47. The van der Waals surface area contributed by atoms with Crippen molar-refractivity contribution in [3.8, 4) is 51.7 Å². The van der Waals surface area contributed by atoms with Gasteiger partial charge in [-0.2, -0.15) is 0 Å². The van der Waals surface area contributed by atoms with Crippen molar-refractivity contribution in [3.05, 3.63) is 61.9 Å². The van der Waals surface area contributed by atoms with Gasteiger partial charge in [0.05, 0.1) is 49.9 Å². The molecule has 25 heteroatoms. The van der Waals surface area contributed by atoms with Gasteiger partial charge in [0.25, 0.3) is 0 Å². The summed E-state index contributed by atoms with van der Waals surface area (Å²) >= 11 is 0. The molecule has 1 aliphatic heterocycles. The smallest absolute Gasteiger partial charge is 0.229 e. The molecule has 2 aliphatic carbocycles. The van der Waals surface area contributed by atoms with Crippen LogP contribution < -0.4 is 29.8 Å². The highest BCUT2D eigenvalue weighted by Crippen LogP contribution is 2.54. The fraction of sp³-hybridized carbons (Fsp3) is 0.458. The SMILES string of the molecule is COc1cc2oc3cc(O)c(C4C[C@H](CO)[C@@H](O)[C@H](Oc5c(O)c(C6C[C@H](CO)[C@@H](O)[C@H](O)[C@H]6O)c(O)c6c(=O)c7cc(O[C@@H]8O[C@H](CO)[C@@H](O)[C@H](O)[C@H]8O)c(O)cc7oc56)[C@H]4O)c(O)c3c(=O)c2cc1OC. The van der Waals surface area contributed by atoms with E-state index in [2.05, 4.69) is 0 Å². The van der Waals surface area contributed by atoms with Crippen molar-refractivity contribution in [1.29, 1.82) is 0 Å². The van der Waals surface area contributed by atoms with Crippen molar-refractivity contribution in [2.24, 2.45) is 11.8 Å². The Balaban J connectivity index is 1.21. The molecule has 4 aromatic carbocycles. The number of fused-ring (bicyclic) bond motifs is 4. The third kappa shape index (κ3) is 8.21. The number of aliphatic hydroxyl groups excluding tert-OH is 11. The molecule has 3 aliphatic rings. The van der Waals surface area contributed by atoms with Crippen molar-refractivity contribution in [1.82, 2.24) is 0 Å². The standard InChI is InChI=1S/C48H52O25/c1-67-24-6-16-22(9-25(24)68-2)69-26-8-20(53)28(39(61)30(26)34(16)56)17-4-14(11-50)33(55)46(37(17)59)73-47-41(63)29(18-3-13(10-49)32(54)42(64)36(18)58)40(62)31-35(57)15-5-23(19(52)7-21(15)70-45(31)47)71-48-44(66)43(65)38(60)27(12-51)72-48/h5-9,13-14,17-18,27,32-33,36-38,42-44,46,48-55,58-66H,3-4,10-12H2,1-2H3/t13-,14-,17?,18?,27-,32-,33-,36+,37+,38-,42+,43+,44-,46+,48-/m1/s1. The highest BCUT2D eigenvalue weighted by Gasteiger charge is 2.50. The molecule has 0 spiro atoms. The number of rotatable bonds is 11. The third-order valence-electron chi connectivity index (χ3n) is 14.4. The molecule has 15 atom stereocenters. The zero-order valence-corrected chi connectivity index (χ0v) is 38.4.